The van der Waals surface area contributed by atoms with Crippen molar-refractivity contribution < 1.29 is 28.8 Å². The van der Waals surface area contributed by atoms with E-state index in [-0.39, 0.29) is 5.91 Å². The fraction of sp³-hybridized carbons (Fsp3) is 0.881. The van der Waals surface area contributed by atoms with Crippen molar-refractivity contribution in [2.75, 3.05) is 6.61 Å². The third kappa shape index (κ3) is 38.3. The molecule has 0 saturated carbocycles. The number of unbranched alkanes of at least 4 members (excludes halogenated alkanes) is 28. The number of aliphatic hydroxyl groups excluding tert-OH is 1. The number of phosphoric ester groups is 1. The van der Waals surface area contributed by atoms with Gasteiger partial charge in [0, 0.05) is 6.42 Å². The number of amides is 1. The second-order valence-electron chi connectivity index (χ2n) is 14.7. The van der Waals surface area contributed by atoms with E-state index in [1.165, 1.54) is 161 Å². The molecule has 296 valence electrons. The van der Waals surface area contributed by atoms with Gasteiger partial charge in [0.25, 0.3) is 0 Å². The van der Waals surface area contributed by atoms with Crippen molar-refractivity contribution in [3.8, 4) is 0 Å². The molecule has 0 aromatic rings. The lowest BCUT2D eigenvalue weighted by Crippen LogP contribution is -2.45. The summed E-state index contributed by atoms with van der Waals surface area (Å²) in [6, 6.07) is -0.907. The monoisotopic (exact) mass is 728 g/mol. The van der Waals surface area contributed by atoms with Crippen LogP contribution in [0.3, 0.4) is 0 Å². The van der Waals surface area contributed by atoms with Crippen molar-refractivity contribution in [2.45, 2.75) is 231 Å². The predicted octanol–water partition coefficient (Wildman–Crippen LogP) is 12.6. The van der Waals surface area contributed by atoms with Gasteiger partial charge in [-0.3, -0.25) is 9.32 Å². The number of aliphatic hydroxyl groups is 1. The summed E-state index contributed by atoms with van der Waals surface area (Å²) in [7, 11) is -4.71. The molecule has 50 heavy (non-hydrogen) atoms. The van der Waals surface area contributed by atoms with Crippen molar-refractivity contribution in [1.82, 2.24) is 5.32 Å². The predicted molar refractivity (Wildman–Crippen MR) is 213 cm³/mol. The van der Waals surface area contributed by atoms with Crippen LogP contribution in [0.15, 0.2) is 24.3 Å². The van der Waals surface area contributed by atoms with Gasteiger partial charge in [-0.15, -0.1) is 0 Å². The quantitative estimate of drug-likeness (QED) is 0.0284. The number of allylic oxidation sites excluding steroid dienone is 3. The molecule has 0 aliphatic rings. The Kier molecular flexibility index (Phi) is 37.0. The second-order valence-corrected chi connectivity index (χ2v) is 15.9. The first-order valence-electron chi connectivity index (χ1n) is 21.3. The summed E-state index contributed by atoms with van der Waals surface area (Å²) in [5.41, 5.74) is 0. The zero-order chi connectivity index (χ0) is 36.8. The lowest BCUT2D eigenvalue weighted by atomic mass is 10.0. The van der Waals surface area contributed by atoms with Crippen molar-refractivity contribution in [3.05, 3.63) is 24.3 Å². The summed E-state index contributed by atoms with van der Waals surface area (Å²) in [6.45, 7) is 4.07. The van der Waals surface area contributed by atoms with Crippen LogP contribution >= 0.6 is 7.82 Å². The molecular formula is C42H82NO6P. The molecule has 2 atom stereocenters. The summed E-state index contributed by atoms with van der Waals surface area (Å²) in [4.78, 5) is 30.9. The van der Waals surface area contributed by atoms with Crippen LogP contribution in [0.1, 0.15) is 219 Å². The van der Waals surface area contributed by atoms with Gasteiger partial charge in [-0.25, -0.2) is 4.57 Å². The van der Waals surface area contributed by atoms with Crippen molar-refractivity contribution in [3.63, 3.8) is 0 Å². The minimum absolute atomic E-state index is 0.226. The van der Waals surface area contributed by atoms with Crippen molar-refractivity contribution >= 4 is 13.7 Å². The number of carbonyl (C=O) groups excluding carboxylic acids is 1. The molecule has 0 fully saturated rings. The molecule has 1 amide bonds. The van der Waals surface area contributed by atoms with Crippen LogP contribution in [0, 0.1) is 0 Å². The normalized spacial score (nSPS) is 13.5. The molecule has 7 nitrogen and oxygen atoms in total. The second kappa shape index (κ2) is 37.8. The van der Waals surface area contributed by atoms with E-state index >= 15 is 0 Å². The van der Waals surface area contributed by atoms with Gasteiger partial charge in [-0.2, -0.15) is 0 Å². The number of hydrogen-bond donors (Lipinski definition) is 4. The Balaban J connectivity index is 3.91. The highest BCUT2D eigenvalue weighted by molar-refractivity contribution is 7.46. The van der Waals surface area contributed by atoms with E-state index < -0.39 is 26.6 Å². The minimum atomic E-state index is -4.71. The molecule has 0 aromatic carbocycles. The smallest absolute Gasteiger partial charge is 0.387 e. The zero-order valence-corrected chi connectivity index (χ0v) is 33.7. The standard InChI is InChI=1S/C42H82NO6P/c1-3-5-7-9-11-13-15-17-18-19-20-21-22-23-24-26-28-30-32-34-36-38-42(45)43-40(39-49-50(46,47)48)41(44)37-35-33-31-29-27-25-16-14-12-10-8-6-4-2/h17-18,35,37,40-41,44H,3-16,19-34,36,38-39H2,1-2H3,(H,43,45)(H2,46,47,48). The van der Waals surface area contributed by atoms with E-state index in [2.05, 4.69) is 35.8 Å². The maximum absolute atomic E-state index is 12.6. The van der Waals surface area contributed by atoms with Crippen LogP contribution < -0.4 is 5.32 Å². The van der Waals surface area contributed by atoms with E-state index in [4.69, 9.17) is 9.79 Å². The first-order chi connectivity index (χ1) is 24.3. The van der Waals surface area contributed by atoms with E-state index in [0.717, 1.165) is 38.5 Å². The van der Waals surface area contributed by atoms with Gasteiger partial charge >= 0.3 is 7.82 Å². The molecule has 2 unspecified atom stereocenters. The molecule has 8 heteroatoms. The first kappa shape index (κ1) is 49.0. The molecule has 4 N–H and O–H groups in total. The molecule has 0 aliphatic heterocycles. The largest absolute Gasteiger partial charge is 0.469 e. The first-order valence-corrected chi connectivity index (χ1v) is 22.8. The van der Waals surface area contributed by atoms with Crippen LogP contribution in [0.25, 0.3) is 0 Å². The Morgan fingerprint density at radius 2 is 0.900 bits per heavy atom. The molecule has 0 bridgehead atoms. The number of hydrogen-bond acceptors (Lipinski definition) is 4. The topological polar surface area (TPSA) is 116 Å². The van der Waals surface area contributed by atoms with Gasteiger partial charge in [-0.05, 0) is 44.9 Å². The average Bonchev–Trinajstić information content (AvgIpc) is 3.08. The van der Waals surface area contributed by atoms with E-state index in [0.29, 0.717) is 6.42 Å². The van der Waals surface area contributed by atoms with Crippen LogP contribution in [-0.4, -0.2) is 39.6 Å². The van der Waals surface area contributed by atoms with E-state index in [9.17, 15) is 14.5 Å². The lowest BCUT2D eigenvalue weighted by Gasteiger charge is -2.22. The zero-order valence-electron chi connectivity index (χ0n) is 32.8. The molecular weight excluding hydrogens is 645 g/mol. The van der Waals surface area contributed by atoms with Crippen LogP contribution in [0.4, 0.5) is 0 Å². The number of nitrogens with one attached hydrogen (secondary N) is 1. The molecule has 0 saturated heterocycles. The number of carbonyl (C=O) groups is 1. The summed E-state index contributed by atoms with van der Waals surface area (Å²) >= 11 is 0. The van der Waals surface area contributed by atoms with Crippen molar-refractivity contribution in [2.24, 2.45) is 0 Å². The van der Waals surface area contributed by atoms with Crippen LogP contribution in [0.5, 0.6) is 0 Å². The van der Waals surface area contributed by atoms with Crippen molar-refractivity contribution in [1.29, 1.82) is 0 Å². The average molecular weight is 728 g/mol. The molecule has 0 aliphatic carbocycles. The highest BCUT2D eigenvalue weighted by atomic mass is 31.2. The van der Waals surface area contributed by atoms with Gasteiger partial charge in [-0.1, -0.05) is 192 Å². The van der Waals surface area contributed by atoms with Gasteiger partial charge < -0.3 is 20.2 Å². The highest BCUT2D eigenvalue weighted by Gasteiger charge is 2.24. The summed E-state index contributed by atoms with van der Waals surface area (Å²) in [5.74, 6) is -0.226. The molecule has 0 aromatic heterocycles. The Labute approximate surface area is 309 Å². The van der Waals surface area contributed by atoms with Crippen LogP contribution in [0.2, 0.25) is 0 Å². The summed E-state index contributed by atoms with van der Waals surface area (Å²) in [6.07, 6.45) is 46.3. The van der Waals surface area contributed by atoms with Gasteiger partial charge in [0.15, 0.2) is 0 Å². The summed E-state index contributed by atoms with van der Waals surface area (Å²) < 4.78 is 15.9. The van der Waals surface area contributed by atoms with Gasteiger partial charge in [0.2, 0.25) is 5.91 Å². The SMILES string of the molecule is CCCCCCCCC=CCCCCCCCCCCCCCC(=O)NC(COP(=O)(O)O)C(O)C=CCCCCCCCCCCCCC. The lowest BCUT2D eigenvalue weighted by molar-refractivity contribution is -0.123. The van der Waals surface area contributed by atoms with E-state index in [1.54, 1.807) is 6.08 Å². The summed E-state index contributed by atoms with van der Waals surface area (Å²) in [5, 5.41) is 13.4. The fourth-order valence-electron chi connectivity index (χ4n) is 6.40. The molecule has 0 spiro atoms. The molecule has 0 rings (SSSR count). The highest BCUT2D eigenvalue weighted by Crippen LogP contribution is 2.35. The Morgan fingerprint density at radius 3 is 1.28 bits per heavy atom. The van der Waals surface area contributed by atoms with Crippen LogP contribution in [-0.2, 0) is 13.9 Å². The Morgan fingerprint density at radius 1 is 0.560 bits per heavy atom. The molecule has 0 heterocycles. The third-order valence-corrected chi connectivity index (χ3v) is 10.1. The van der Waals surface area contributed by atoms with Gasteiger partial charge in [0.05, 0.1) is 18.8 Å². The maximum Gasteiger partial charge on any atom is 0.469 e. The maximum atomic E-state index is 12.6. The number of rotatable bonds is 39. The Hall–Kier alpha value is -0.980. The minimum Gasteiger partial charge on any atom is -0.387 e. The van der Waals surface area contributed by atoms with Gasteiger partial charge in [0.1, 0.15) is 0 Å². The fourth-order valence-corrected chi connectivity index (χ4v) is 6.75. The Bertz CT molecular complexity index is 829. The third-order valence-electron chi connectivity index (χ3n) is 9.65. The number of phosphoric acid groups is 1. The molecule has 0 radical (unpaired) electrons. The van der Waals surface area contributed by atoms with E-state index in [1.807, 2.05) is 6.08 Å².